The van der Waals surface area contributed by atoms with Crippen LogP contribution in [0.3, 0.4) is 0 Å². The lowest BCUT2D eigenvalue weighted by Gasteiger charge is -2.03. The van der Waals surface area contributed by atoms with E-state index in [9.17, 15) is 8.42 Å². The van der Waals surface area contributed by atoms with E-state index in [2.05, 4.69) is 17.2 Å². The van der Waals surface area contributed by atoms with Gasteiger partial charge in [0.05, 0.1) is 5.75 Å². The van der Waals surface area contributed by atoms with Crippen molar-refractivity contribution >= 4 is 39.8 Å². The van der Waals surface area contributed by atoms with Crippen molar-refractivity contribution in [1.82, 2.24) is 5.32 Å². The Morgan fingerprint density at radius 2 is 2.07 bits per heavy atom. The zero-order valence-electron chi connectivity index (χ0n) is 9.19. The maximum Gasteiger partial charge on any atom is 0.188 e. The lowest BCUT2D eigenvalue weighted by atomic mass is 10.3. The average Bonchev–Trinajstić information content (AvgIpc) is 2.02. The lowest BCUT2D eigenvalue weighted by molar-refractivity contribution is 0.600. The molecule has 0 atom stereocenters. The molecule has 0 aromatic carbocycles. The Labute approximate surface area is 109 Å². The van der Waals surface area contributed by atoms with E-state index >= 15 is 0 Å². The molecule has 0 aliphatic heterocycles. The lowest BCUT2D eigenvalue weighted by Crippen LogP contribution is -2.35. The van der Waals surface area contributed by atoms with Crippen LogP contribution in [0.1, 0.15) is 19.8 Å². The molecular weight excluding hydrogens is 329 g/mol. The highest BCUT2D eigenvalue weighted by Gasteiger charge is 2.00. The summed E-state index contributed by atoms with van der Waals surface area (Å²) in [6.45, 7) is 3.08. The Kier molecular flexibility index (Phi) is 10.6. The fourth-order valence-electron chi connectivity index (χ4n) is 0.778. The SMILES string of the molecule is CCCCN=C(N)NCCS(C)(=O)=O.I. The third-order valence-electron chi connectivity index (χ3n) is 1.57. The maximum atomic E-state index is 10.8. The number of hydrogen-bond acceptors (Lipinski definition) is 3. The number of sulfone groups is 1. The van der Waals surface area contributed by atoms with Crippen molar-refractivity contribution < 1.29 is 8.42 Å². The van der Waals surface area contributed by atoms with Crippen molar-refractivity contribution in [2.75, 3.05) is 25.1 Å². The molecule has 0 aliphatic rings. The largest absolute Gasteiger partial charge is 0.370 e. The van der Waals surface area contributed by atoms with Crippen LogP contribution in [0.15, 0.2) is 4.99 Å². The summed E-state index contributed by atoms with van der Waals surface area (Å²) in [7, 11) is -2.92. The molecule has 0 rings (SSSR count). The third-order valence-corrected chi connectivity index (χ3v) is 2.52. The quantitative estimate of drug-likeness (QED) is 0.314. The van der Waals surface area contributed by atoms with E-state index in [0.717, 1.165) is 12.8 Å². The van der Waals surface area contributed by atoms with E-state index in [1.807, 2.05) is 0 Å². The van der Waals surface area contributed by atoms with Gasteiger partial charge in [0.15, 0.2) is 5.96 Å². The van der Waals surface area contributed by atoms with E-state index in [1.54, 1.807) is 0 Å². The number of hydrogen-bond donors (Lipinski definition) is 2. The van der Waals surface area contributed by atoms with E-state index in [-0.39, 0.29) is 29.7 Å². The maximum absolute atomic E-state index is 10.8. The Morgan fingerprint density at radius 1 is 1.47 bits per heavy atom. The number of halogens is 1. The van der Waals surface area contributed by atoms with Crippen LogP contribution in [0, 0.1) is 0 Å². The molecule has 0 unspecified atom stereocenters. The molecule has 0 aromatic heterocycles. The molecule has 0 saturated carbocycles. The highest BCUT2D eigenvalue weighted by Crippen LogP contribution is 1.86. The summed E-state index contributed by atoms with van der Waals surface area (Å²) >= 11 is 0. The summed E-state index contributed by atoms with van der Waals surface area (Å²) in [4.78, 5) is 4.02. The van der Waals surface area contributed by atoms with Crippen molar-refractivity contribution in [3.8, 4) is 0 Å². The molecule has 0 radical (unpaired) electrons. The van der Waals surface area contributed by atoms with Crippen LogP contribution >= 0.6 is 24.0 Å². The van der Waals surface area contributed by atoms with Gasteiger partial charge >= 0.3 is 0 Å². The Hall–Kier alpha value is -0.0500. The molecule has 0 heterocycles. The molecule has 0 fully saturated rings. The van der Waals surface area contributed by atoms with Crippen LogP contribution in [0.4, 0.5) is 0 Å². The van der Waals surface area contributed by atoms with Gasteiger partial charge in [0.25, 0.3) is 0 Å². The topological polar surface area (TPSA) is 84.5 Å². The molecule has 0 amide bonds. The van der Waals surface area contributed by atoms with Gasteiger partial charge in [0, 0.05) is 19.3 Å². The van der Waals surface area contributed by atoms with E-state index in [0.29, 0.717) is 19.0 Å². The van der Waals surface area contributed by atoms with E-state index < -0.39 is 9.84 Å². The minimum Gasteiger partial charge on any atom is -0.370 e. The van der Waals surface area contributed by atoms with Crippen molar-refractivity contribution in [1.29, 1.82) is 0 Å². The summed E-state index contributed by atoms with van der Waals surface area (Å²) in [5.41, 5.74) is 5.49. The predicted molar refractivity (Wildman–Crippen MR) is 74.5 cm³/mol. The first-order valence-electron chi connectivity index (χ1n) is 4.67. The molecule has 3 N–H and O–H groups in total. The smallest absolute Gasteiger partial charge is 0.188 e. The first-order chi connectivity index (χ1) is 6.45. The normalized spacial score (nSPS) is 12.0. The van der Waals surface area contributed by atoms with E-state index in [4.69, 9.17) is 5.73 Å². The number of rotatable bonds is 6. The molecule has 0 spiro atoms. The predicted octanol–water partition coefficient (Wildman–Crippen LogP) is 0.353. The number of guanidine groups is 1. The molecule has 15 heavy (non-hydrogen) atoms. The summed E-state index contributed by atoms with van der Waals surface area (Å²) < 4.78 is 21.5. The number of nitrogens with two attached hydrogens (primary N) is 1. The van der Waals surface area contributed by atoms with Crippen molar-refractivity contribution in [2.45, 2.75) is 19.8 Å². The first kappa shape index (κ1) is 17.3. The van der Waals surface area contributed by atoms with Gasteiger partial charge in [-0.3, -0.25) is 4.99 Å². The van der Waals surface area contributed by atoms with Crippen LogP contribution in [0.25, 0.3) is 0 Å². The number of unbranched alkanes of at least 4 members (excludes halogenated alkanes) is 1. The van der Waals surface area contributed by atoms with Crippen molar-refractivity contribution in [3.05, 3.63) is 0 Å². The first-order valence-corrected chi connectivity index (χ1v) is 6.73. The number of nitrogens with one attached hydrogen (secondary N) is 1. The van der Waals surface area contributed by atoms with Gasteiger partial charge in [-0.25, -0.2) is 8.42 Å². The minimum atomic E-state index is -2.92. The second kappa shape index (κ2) is 9.20. The molecular formula is C8H20IN3O2S. The number of aliphatic imine (C=N–C) groups is 1. The summed E-state index contributed by atoms with van der Waals surface area (Å²) in [5.74, 6) is 0.402. The van der Waals surface area contributed by atoms with Gasteiger partial charge in [0.2, 0.25) is 0 Å². The molecule has 0 aromatic rings. The molecule has 5 nitrogen and oxygen atoms in total. The summed E-state index contributed by atoms with van der Waals surface area (Å²) in [6, 6.07) is 0. The Morgan fingerprint density at radius 3 is 2.53 bits per heavy atom. The molecule has 7 heteroatoms. The van der Waals surface area contributed by atoms with Crippen LogP contribution in [0.5, 0.6) is 0 Å². The van der Waals surface area contributed by atoms with Gasteiger partial charge in [-0.15, -0.1) is 24.0 Å². The molecule has 0 aliphatic carbocycles. The van der Waals surface area contributed by atoms with Crippen LogP contribution in [0.2, 0.25) is 0 Å². The van der Waals surface area contributed by atoms with Crippen molar-refractivity contribution in [3.63, 3.8) is 0 Å². The minimum absolute atomic E-state index is 0. The fourth-order valence-corrected chi connectivity index (χ4v) is 1.25. The Balaban J connectivity index is 0. The highest BCUT2D eigenvalue weighted by atomic mass is 127. The van der Waals surface area contributed by atoms with Gasteiger partial charge in [-0.05, 0) is 6.42 Å². The second-order valence-electron chi connectivity index (χ2n) is 3.18. The van der Waals surface area contributed by atoms with E-state index in [1.165, 1.54) is 6.26 Å². The molecule has 92 valence electrons. The van der Waals surface area contributed by atoms with Crippen LogP contribution in [-0.2, 0) is 9.84 Å². The Bertz CT molecular complexity index is 278. The molecule has 0 saturated heterocycles. The standard InChI is InChI=1S/C8H19N3O2S.HI/c1-3-4-5-10-8(9)11-6-7-14(2,12)13;/h3-7H2,1-2H3,(H3,9,10,11);1H. The van der Waals surface area contributed by atoms with Gasteiger partial charge in [0.1, 0.15) is 9.84 Å². The zero-order valence-corrected chi connectivity index (χ0v) is 12.3. The third kappa shape index (κ3) is 14.0. The summed E-state index contributed by atoms with van der Waals surface area (Å²) in [6.07, 6.45) is 3.26. The van der Waals surface area contributed by atoms with Crippen molar-refractivity contribution in [2.24, 2.45) is 10.7 Å². The zero-order chi connectivity index (χ0) is 11.0. The molecule has 0 bridgehead atoms. The fraction of sp³-hybridized carbons (Fsp3) is 0.875. The van der Waals surface area contributed by atoms with Crippen LogP contribution in [-0.4, -0.2) is 39.5 Å². The van der Waals surface area contributed by atoms with Gasteiger partial charge < -0.3 is 11.1 Å². The number of nitrogens with zero attached hydrogens (tertiary/aromatic N) is 1. The average molecular weight is 349 g/mol. The monoisotopic (exact) mass is 349 g/mol. The van der Waals surface area contributed by atoms with Gasteiger partial charge in [-0.2, -0.15) is 0 Å². The van der Waals surface area contributed by atoms with Crippen LogP contribution < -0.4 is 11.1 Å². The highest BCUT2D eigenvalue weighted by molar-refractivity contribution is 14.0. The van der Waals surface area contributed by atoms with Gasteiger partial charge in [-0.1, -0.05) is 13.3 Å². The second-order valence-corrected chi connectivity index (χ2v) is 5.44. The summed E-state index contributed by atoms with van der Waals surface area (Å²) in [5, 5.41) is 2.75.